The molecule has 3 rings (SSSR count). The predicted molar refractivity (Wildman–Crippen MR) is 86.0 cm³/mol. The van der Waals surface area contributed by atoms with Crippen LogP contribution in [0.3, 0.4) is 0 Å². The summed E-state index contributed by atoms with van der Waals surface area (Å²) in [5, 5.41) is 4.68. The molecular formula is C16H17N3O2S. The summed E-state index contributed by atoms with van der Waals surface area (Å²) in [7, 11) is 0. The molecule has 0 spiro atoms. The normalized spacial score (nSPS) is 17.5. The van der Waals surface area contributed by atoms with Crippen molar-refractivity contribution in [2.75, 3.05) is 11.9 Å². The Morgan fingerprint density at radius 2 is 2.27 bits per heavy atom. The van der Waals surface area contributed by atoms with Gasteiger partial charge >= 0.3 is 0 Å². The number of carbonyl (C=O) groups is 2. The summed E-state index contributed by atoms with van der Waals surface area (Å²) < 4.78 is 0. The van der Waals surface area contributed by atoms with E-state index in [1.54, 1.807) is 17.2 Å². The highest BCUT2D eigenvalue weighted by atomic mass is 32.1. The third kappa shape index (κ3) is 3.01. The van der Waals surface area contributed by atoms with E-state index in [-0.39, 0.29) is 11.8 Å². The first-order valence-electron chi connectivity index (χ1n) is 7.23. The van der Waals surface area contributed by atoms with Gasteiger partial charge in [-0.05, 0) is 48.9 Å². The van der Waals surface area contributed by atoms with Crippen molar-refractivity contribution in [3.05, 3.63) is 46.3 Å². The van der Waals surface area contributed by atoms with Gasteiger partial charge in [-0.15, -0.1) is 11.3 Å². The lowest BCUT2D eigenvalue weighted by Crippen LogP contribution is -2.43. The second kappa shape index (κ2) is 6.27. The second-order valence-corrected chi connectivity index (χ2v) is 6.29. The van der Waals surface area contributed by atoms with Gasteiger partial charge in [-0.1, -0.05) is 6.07 Å². The molecule has 1 atom stereocenters. The van der Waals surface area contributed by atoms with Gasteiger partial charge in [0.05, 0.1) is 4.88 Å². The Morgan fingerprint density at radius 3 is 3.00 bits per heavy atom. The number of hydrogen-bond acceptors (Lipinski definition) is 4. The van der Waals surface area contributed by atoms with Gasteiger partial charge in [0.1, 0.15) is 11.9 Å². The Kier molecular flexibility index (Phi) is 4.20. The minimum atomic E-state index is -0.420. The zero-order chi connectivity index (χ0) is 15.5. The molecular weight excluding hydrogens is 298 g/mol. The average Bonchev–Trinajstić information content (AvgIpc) is 3.18. The van der Waals surface area contributed by atoms with Crippen molar-refractivity contribution in [2.45, 2.75) is 25.8 Å². The number of nitrogens with zero attached hydrogens (tertiary/aromatic N) is 2. The minimum Gasteiger partial charge on any atom is -0.326 e. The van der Waals surface area contributed by atoms with E-state index in [9.17, 15) is 9.59 Å². The van der Waals surface area contributed by atoms with Gasteiger partial charge in [-0.3, -0.25) is 9.59 Å². The van der Waals surface area contributed by atoms with Gasteiger partial charge in [0.25, 0.3) is 5.91 Å². The smallest absolute Gasteiger partial charge is 0.264 e. The molecule has 1 N–H and O–H groups in total. The monoisotopic (exact) mass is 315 g/mol. The van der Waals surface area contributed by atoms with E-state index in [4.69, 9.17) is 0 Å². The average molecular weight is 315 g/mol. The van der Waals surface area contributed by atoms with Crippen LogP contribution >= 0.6 is 11.3 Å². The van der Waals surface area contributed by atoms with E-state index in [1.807, 2.05) is 30.5 Å². The Balaban J connectivity index is 1.72. The molecule has 1 fully saturated rings. The topological polar surface area (TPSA) is 62.3 Å². The van der Waals surface area contributed by atoms with Crippen LogP contribution in [0.25, 0.3) is 0 Å². The molecule has 0 aliphatic carbocycles. The molecule has 0 radical (unpaired) electrons. The molecule has 0 unspecified atom stereocenters. The molecule has 1 aliphatic heterocycles. The van der Waals surface area contributed by atoms with Crippen LogP contribution in [-0.4, -0.2) is 34.3 Å². The standard InChI is InChI=1S/C16H17N3O2S/c1-11-6-7-17-14(10-11)18-15(20)12-4-2-8-19(12)16(21)13-5-3-9-22-13/h3,5-7,9-10,12H,2,4,8H2,1H3,(H,17,18,20)/t12-/m1/s1. The molecule has 0 aromatic carbocycles. The summed E-state index contributed by atoms with van der Waals surface area (Å²) in [6.45, 7) is 2.57. The van der Waals surface area contributed by atoms with Crippen LogP contribution < -0.4 is 5.32 Å². The molecule has 2 amide bonds. The fourth-order valence-corrected chi connectivity index (χ4v) is 3.32. The van der Waals surface area contributed by atoms with Crippen LogP contribution in [0.5, 0.6) is 0 Å². The summed E-state index contributed by atoms with van der Waals surface area (Å²) in [6.07, 6.45) is 3.19. The predicted octanol–water partition coefficient (Wildman–Crippen LogP) is 2.69. The Morgan fingerprint density at radius 1 is 1.41 bits per heavy atom. The van der Waals surface area contributed by atoms with Crippen LogP contribution in [0.15, 0.2) is 35.8 Å². The summed E-state index contributed by atoms with van der Waals surface area (Å²) >= 11 is 1.40. The van der Waals surface area contributed by atoms with Crippen molar-refractivity contribution in [1.82, 2.24) is 9.88 Å². The molecule has 2 aromatic rings. The molecule has 2 aromatic heterocycles. The second-order valence-electron chi connectivity index (χ2n) is 5.34. The largest absolute Gasteiger partial charge is 0.326 e. The quantitative estimate of drug-likeness (QED) is 0.947. The van der Waals surface area contributed by atoms with Crippen LogP contribution in [0.1, 0.15) is 28.1 Å². The van der Waals surface area contributed by atoms with Crippen LogP contribution in [-0.2, 0) is 4.79 Å². The molecule has 1 saturated heterocycles. The lowest BCUT2D eigenvalue weighted by molar-refractivity contribution is -0.119. The number of anilines is 1. The third-order valence-corrected chi connectivity index (χ3v) is 4.57. The number of likely N-dealkylation sites (tertiary alicyclic amines) is 1. The van der Waals surface area contributed by atoms with Gasteiger partial charge in [0.15, 0.2) is 0 Å². The molecule has 22 heavy (non-hydrogen) atoms. The molecule has 3 heterocycles. The zero-order valence-corrected chi connectivity index (χ0v) is 13.1. The van der Waals surface area contributed by atoms with Crippen LogP contribution in [0.4, 0.5) is 5.82 Å². The lowest BCUT2D eigenvalue weighted by atomic mass is 10.2. The number of hydrogen-bond donors (Lipinski definition) is 1. The fourth-order valence-electron chi connectivity index (χ4n) is 2.64. The van der Waals surface area contributed by atoms with Gasteiger partial charge in [-0.2, -0.15) is 0 Å². The van der Waals surface area contributed by atoms with Gasteiger partial charge in [0, 0.05) is 12.7 Å². The number of rotatable bonds is 3. The van der Waals surface area contributed by atoms with E-state index in [0.717, 1.165) is 12.0 Å². The number of amides is 2. The van der Waals surface area contributed by atoms with E-state index in [2.05, 4.69) is 10.3 Å². The molecule has 6 heteroatoms. The van der Waals surface area contributed by atoms with Crippen LogP contribution in [0, 0.1) is 6.92 Å². The molecule has 1 aliphatic rings. The molecule has 0 bridgehead atoms. The Labute approximate surface area is 133 Å². The number of carbonyl (C=O) groups excluding carboxylic acids is 2. The Bertz CT molecular complexity index is 684. The first-order chi connectivity index (χ1) is 10.6. The number of aryl methyl sites for hydroxylation is 1. The summed E-state index contributed by atoms with van der Waals surface area (Å²) in [5.41, 5.74) is 1.03. The maximum atomic E-state index is 12.5. The number of aromatic nitrogens is 1. The van der Waals surface area contributed by atoms with Crippen molar-refractivity contribution in [3.8, 4) is 0 Å². The maximum Gasteiger partial charge on any atom is 0.264 e. The van der Waals surface area contributed by atoms with E-state index >= 15 is 0 Å². The summed E-state index contributed by atoms with van der Waals surface area (Å²) in [4.78, 5) is 31.4. The highest BCUT2D eigenvalue weighted by Gasteiger charge is 2.35. The summed E-state index contributed by atoms with van der Waals surface area (Å²) in [6, 6.07) is 6.91. The molecule has 5 nitrogen and oxygen atoms in total. The zero-order valence-electron chi connectivity index (χ0n) is 12.3. The highest BCUT2D eigenvalue weighted by Crippen LogP contribution is 2.23. The van der Waals surface area contributed by atoms with Gasteiger partial charge in [0.2, 0.25) is 5.91 Å². The van der Waals surface area contributed by atoms with Crippen molar-refractivity contribution < 1.29 is 9.59 Å². The molecule has 0 saturated carbocycles. The fraction of sp³-hybridized carbons (Fsp3) is 0.312. The van der Waals surface area contributed by atoms with Crippen molar-refractivity contribution in [2.24, 2.45) is 0 Å². The SMILES string of the molecule is Cc1ccnc(NC(=O)[C@H]2CCCN2C(=O)c2cccs2)c1. The lowest BCUT2D eigenvalue weighted by Gasteiger charge is -2.23. The minimum absolute atomic E-state index is 0.0650. The van der Waals surface area contributed by atoms with Crippen LogP contribution in [0.2, 0.25) is 0 Å². The van der Waals surface area contributed by atoms with Crippen molar-refractivity contribution in [3.63, 3.8) is 0 Å². The van der Waals surface area contributed by atoms with E-state index in [0.29, 0.717) is 23.7 Å². The maximum absolute atomic E-state index is 12.5. The molecule has 114 valence electrons. The Hall–Kier alpha value is -2.21. The summed E-state index contributed by atoms with van der Waals surface area (Å²) in [5.74, 6) is 0.297. The number of pyridine rings is 1. The van der Waals surface area contributed by atoms with Crippen molar-refractivity contribution in [1.29, 1.82) is 0 Å². The first kappa shape index (κ1) is 14.7. The van der Waals surface area contributed by atoms with E-state index in [1.165, 1.54) is 11.3 Å². The highest BCUT2D eigenvalue weighted by molar-refractivity contribution is 7.12. The van der Waals surface area contributed by atoms with Gasteiger partial charge in [-0.25, -0.2) is 4.98 Å². The van der Waals surface area contributed by atoms with E-state index < -0.39 is 6.04 Å². The van der Waals surface area contributed by atoms with Crippen molar-refractivity contribution >= 4 is 29.0 Å². The number of thiophene rings is 1. The third-order valence-electron chi connectivity index (χ3n) is 3.71. The number of nitrogens with one attached hydrogen (secondary N) is 1. The first-order valence-corrected chi connectivity index (χ1v) is 8.11. The van der Waals surface area contributed by atoms with Gasteiger partial charge < -0.3 is 10.2 Å².